The summed E-state index contributed by atoms with van der Waals surface area (Å²) in [6, 6.07) is 11.3. The first-order valence-corrected chi connectivity index (χ1v) is 9.81. The van der Waals surface area contributed by atoms with E-state index in [0.29, 0.717) is 0 Å². The highest BCUT2D eigenvalue weighted by Gasteiger charge is 2.37. The van der Waals surface area contributed by atoms with Gasteiger partial charge in [-0.15, -0.1) is 10.2 Å². The summed E-state index contributed by atoms with van der Waals surface area (Å²) < 4.78 is 2.33. The topological polar surface area (TPSA) is 37.2 Å². The van der Waals surface area contributed by atoms with Gasteiger partial charge in [-0.1, -0.05) is 30.3 Å². The second-order valence-corrected chi connectivity index (χ2v) is 7.88. The van der Waals surface area contributed by atoms with E-state index in [2.05, 4.69) is 54.9 Å². The number of hydrogen-bond donors (Lipinski definition) is 0. The van der Waals surface area contributed by atoms with Crippen molar-refractivity contribution in [1.82, 2.24) is 24.6 Å². The van der Waals surface area contributed by atoms with Crippen molar-refractivity contribution in [1.29, 1.82) is 0 Å². The second kappa shape index (κ2) is 6.54. The number of hydrogen-bond acceptors (Lipinski definition) is 4. The number of piperidine rings is 1. The van der Waals surface area contributed by atoms with Crippen LogP contribution in [0.5, 0.6) is 0 Å². The Morgan fingerprint density at radius 3 is 2.68 bits per heavy atom. The maximum Gasteiger partial charge on any atom is 0.164 e. The number of aromatic nitrogens is 3. The summed E-state index contributed by atoms with van der Waals surface area (Å²) in [5.74, 6) is 3.16. The van der Waals surface area contributed by atoms with E-state index in [0.717, 1.165) is 49.7 Å². The monoisotopic (exact) mass is 337 g/mol. The van der Waals surface area contributed by atoms with Crippen LogP contribution < -0.4 is 0 Å². The van der Waals surface area contributed by atoms with E-state index in [9.17, 15) is 0 Å². The minimum Gasteiger partial charge on any atom is -0.310 e. The van der Waals surface area contributed by atoms with Gasteiger partial charge in [-0.25, -0.2) is 0 Å². The fourth-order valence-electron chi connectivity index (χ4n) is 4.96. The number of likely N-dealkylation sites (tertiary alicyclic amines) is 1. The average Bonchev–Trinajstić information content (AvgIpc) is 3.34. The van der Waals surface area contributed by atoms with Crippen LogP contribution in [0.25, 0.3) is 11.4 Å². The van der Waals surface area contributed by atoms with Crippen LogP contribution in [0.1, 0.15) is 25.1 Å². The minimum absolute atomic E-state index is 0.890. The van der Waals surface area contributed by atoms with E-state index >= 15 is 0 Å². The van der Waals surface area contributed by atoms with Crippen molar-refractivity contribution < 1.29 is 0 Å². The SMILES string of the molecule is c1ccc(-c2nnc3n2CCN(CCN2C[C@H]4CC[C@@H]2C4)CC3)cc1. The molecular weight excluding hydrogens is 310 g/mol. The standard InChI is InChI=1S/C20H27N5/c1-2-4-17(5-3-1)20-22-21-19-8-9-23(11-13-25(19)20)10-12-24-15-16-6-7-18(24)14-16/h1-5,16,18H,6-15H2/t16-,18+/m0/s1. The van der Waals surface area contributed by atoms with E-state index in [4.69, 9.17) is 0 Å². The van der Waals surface area contributed by atoms with E-state index in [1.807, 2.05) is 0 Å². The molecule has 5 nitrogen and oxygen atoms in total. The summed E-state index contributed by atoms with van der Waals surface area (Å²) in [5.41, 5.74) is 1.17. The maximum atomic E-state index is 4.47. The summed E-state index contributed by atoms with van der Waals surface area (Å²) in [4.78, 5) is 5.37. The second-order valence-electron chi connectivity index (χ2n) is 7.88. The molecule has 0 spiro atoms. The molecule has 0 amide bonds. The van der Waals surface area contributed by atoms with Crippen LogP contribution in [-0.4, -0.2) is 63.3 Å². The zero-order valence-corrected chi connectivity index (χ0v) is 14.8. The number of nitrogens with zero attached hydrogens (tertiary/aromatic N) is 5. The molecular formula is C20H27N5. The van der Waals surface area contributed by atoms with Gasteiger partial charge < -0.3 is 4.57 Å². The molecule has 5 heteroatoms. The van der Waals surface area contributed by atoms with Gasteiger partial charge in [0, 0.05) is 57.3 Å². The molecule has 1 saturated heterocycles. The Morgan fingerprint density at radius 2 is 1.88 bits per heavy atom. The normalized spacial score (nSPS) is 26.7. The van der Waals surface area contributed by atoms with Gasteiger partial charge >= 0.3 is 0 Å². The Morgan fingerprint density at radius 1 is 0.960 bits per heavy atom. The molecule has 5 rings (SSSR count). The van der Waals surface area contributed by atoms with Gasteiger partial charge in [-0.05, 0) is 25.2 Å². The summed E-state index contributed by atoms with van der Waals surface area (Å²) in [5, 5.41) is 8.93. The smallest absolute Gasteiger partial charge is 0.164 e. The van der Waals surface area contributed by atoms with Crippen molar-refractivity contribution in [3.63, 3.8) is 0 Å². The Kier molecular flexibility index (Phi) is 4.06. The summed E-state index contributed by atoms with van der Waals surface area (Å²) in [6.07, 6.45) is 5.38. The van der Waals surface area contributed by atoms with Crippen LogP contribution in [0.4, 0.5) is 0 Å². The zero-order valence-electron chi connectivity index (χ0n) is 14.8. The van der Waals surface area contributed by atoms with Gasteiger partial charge in [-0.3, -0.25) is 9.80 Å². The molecule has 132 valence electrons. The molecule has 3 heterocycles. The number of fused-ring (bicyclic) bond motifs is 3. The molecule has 1 saturated carbocycles. The van der Waals surface area contributed by atoms with Gasteiger partial charge in [-0.2, -0.15) is 0 Å². The highest BCUT2D eigenvalue weighted by Crippen LogP contribution is 2.37. The molecule has 25 heavy (non-hydrogen) atoms. The summed E-state index contributed by atoms with van der Waals surface area (Å²) in [7, 11) is 0. The fourth-order valence-corrected chi connectivity index (χ4v) is 4.96. The molecule has 1 aliphatic carbocycles. The van der Waals surface area contributed by atoms with Crippen LogP contribution in [0.15, 0.2) is 30.3 Å². The molecule has 2 fully saturated rings. The predicted molar refractivity (Wildman–Crippen MR) is 98.3 cm³/mol. The van der Waals surface area contributed by atoms with Gasteiger partial charge in [0.1, 0.15) is 5.82 Å². The van der Waals surface area contributed by atoms with Crippen LogP contribution in [0, 0.1) is 5.92 Å². The molecule has 2 aromatic rings. The van der Waals surface area contributed by atoms with Crippen LogP contribution in [0.2, 0.25) is 0 Å². The first-order chi connectivity index (χ1) is 12.4. The lowest BCUT2D eigenvalue weighted by molar-refractivity contribution is 0.172. The molecule has 1 aromatic heterocycles. The van der Waals surface area contributed by atoms with Gasteiger partial charge in [0.2, 0.25) is 0 Å². The summed E-state index contributed by atoms with van der Waals surface area (Å²) in [6.45, 7) is 7.00. The fraction of sp³-hybridized carbons (Fsp3) is 0.600. The third kappa shape index (κ3) is 3.00. The van der Waals surface area contributed by atoms with E-state index in [-0.39, 0.29) is 0 Å². The van der Waals surface area contributed by atoms with Crippen molar-refractivity contribution in [2.75, 3.05) is 32.7 Å². The van der Waals surface area contributed by atoms with Crippen LogP contribution in [-0.2, 0) is 13.0 Å². The maximum absolute atomic E-state index is 4.47. The predicted octanol–water partition coefficient (Wildman–Crippen LogP) is 2.29. The first-order valence-electron chi connectivity index (χ1n) is 9.81. The van der Waals surface area contributed by atoms with Crippen molar-refractivity contribution >= 4 is 0 Å². The summed E-state index contributed by atoms with van der Waals surface area (Å²) >= 11 is 0. The molecule has 2 bridgehead atoms. The van der Waals surface area contributed by atoms with E-state index in [1.165, 1.54) is 44.5 Å². The van der Waals surface area contributed by atoms with E-state index < -0.39 is 0 Å². The molecule has 0 N–H and O–H groups in total. The van der Waals surface area contributed by atoms with Gasteiger partial charge in [0.15, 0.2) is 5.82 Å². The molecule has 2 atom stereocenters. The molecule has 3 aliphatic rings. The molecule has 0 radical (unpaired) electrons. The number of rotatable bonds is 4. The number of benzene rings is 1. The zero-order chi connectivity index (χ0) is 16.6. The van der Waals surface area contributed by atoms with Crippen molar-refractivity contribution in [2.24, 2.45) is 5.92 Å². The van der Waals surface area contributed by atoms with Crippen molar-refractivity contribution in [3.05, 3.63) is 36.2 Å². The third-order valence-electron chi connectivity index (χ3n) is 6.38. The highest BCUT2D eigenvalue weighted by atomic mass is 15.3. The lowest BCUT2D eigenvalue weighted by Gasteiger charge is -2.29. The highest BCUT2D eigenvalue weighted by molar-refractivity contribution is 5.55. The van der Waals surface area contributed by atoms with Crippen molar-refractivity contribution in [2.45, 2.75) is 38.3 Å². The lowest BCUT2D eigenvalue weighted by Crippen LogP contribution is -2.40. The van der Waals surface area contributed by atoms with Gasteiger partial charge in [0.25, 0.3) is 0 Å². The largest absolute Gasteiger partial charge is 0.310 e. The minimum atomic E-state index is 0.890. The Labute approximate surface area is 149 Å². The third-order valence-corrected chi connectivity index (χ3v) is 6.38. The van der Waals surface area contributed by atoms with Crippen LogP contribution in [0.3, 0.4) is 0 Å². The molecule has 2 aliphatic heterocycles. The van der Waals surface area contributed by atoms with Crippen molar-refractivity contribution in [3.8, 4) is 11.4 Å². The Balaban J connectivity index is 1.23. The van der Waals surface area contributed by atoms with E-state index in [1.54, 1.807) is 0 Å². The lowest BCUT2D eigenvalue weighted by atomic mass is 10.1. The van der Waals surface area contributed by atoms with Gasteiger partial charge in [0.05, 0.1) is 0 Å². The quantitative estimate of drug-likeness (QED) is 0.858. The Hall–Kier alpha value is -1.72. The molecule has 0 unspecified atom stereocenters. The molecule has 1 aromatic carbocycles. The first kappa shape index (κ1) is 15.5. The van der Waals surface area contributed by atoms with Crippen LogP contribution >= 0.6 is 0 Å². The Bertz CT molecular complexity index is 725. The average molecular weight is 337 g/mol.